The Morgan fingerprint density at radius 2 is 1.94 bits per heavy atom. The number of H-pyrrole nitrogens is 1. The van der Waals surface area contributed by atoms with E-state index in [2.05, 4.69) is 70.9 Å². The lowest BCUT2D eigenvalue weighted by Crippen LogP contribution is -2.41. The van der Waals surface area contributed by atoms with Gasteiger partial charge in [-0.2, -0.15) is 0 Å². The Labute approximate surface area is 198 Å². The molecule has 0 bridgehead atoms. The molecule has 1 aliphatic heterocycles. The number of rotatable bonds is 5. The molecule has 31 heavy (non-hydrogen) atoms. The topological polar surface area (TPSA) is 61.4 Å². The zero-order chi connectivity index (χ0) is 22.2. The highest BCUT2D eigenvalue weighted by atomic mass is 127. The molecule has 6 heteroatoms. The number of aryl methyl sites for hydroxylation is 1. The maximum absolute atomic E-state index is 10.6. The Morgan fingerprint density at radius 1 is 1.19 bits per heavy atom. The molecule has 1 aliphatic rings. The van der Waals surface area contributed by atoms with Gasteiger partial charge in [-0.3, -0.25) is 0 Å². The van der Waals surface area contributed by atoms with Crippen LogP contribution in [0.2, 0.25) is 0 Å². The van der Waals surface area contributed by atoms with Crippen LogP contribution in [-0.2, 0) is 4.74 Å². The molecule has 0 radical (unpaired) electrons. The summed E-state index contributed by atoms with van der Waals surface area (Å²) in [4.78, 5) is 10.2. The van der Waals surface area contributed by atoms with E-state index < -0.39 is 12.0 Å². The Hall–Kier alpha value is -1.74. The third-order valence-corrected chi connectivity index (χ3v) is 7.03. The van der Waals surface area contributed by atoms with Crippen molar-refractivity contribution in [3.05, 3.63) is 63.6 Å². The van der Waals surface area contributed by atoms with Crippen LogP contribution in [-0.4, -0.2) is 38.5 Å². The van der Waals surface area contributed by atoms with Crippen molar-refractivity contribution in [2.75, 3.05) is 6.54 Å². The summed E-state index contributed by atoms with van der Waals surface area (Å²) in [5.74, 6) is 0.876. The molecule has 1 saturated heterocycles. The number of ether oxygens (including phenoxy) is 1. The van der Waals surface area contributed by atoms with E-state index in [0.29, 0.717) is 0 Å². The van der Waals surface area contributed by atoms with Gasteiger partial charge in [0.05, 0.1) is 23.5 Å². The normalized spacial score (nSPS) is 18.5. The predicted octanol–water partition coefficient (Wildman–Crippen LogP) is 5.88. The maximum atomic E-state index is 10.6. The number of halogens is 1. The molecule has 0 amide bonds. The van der Waals surface area contributed by atoms with Crippen LogP contribution < -0.4 is 0 Å². The van der Waals surface area contributed by atoms with Gasteiger partial charge >= 0.3 is 0 Å². The van der Waals surface area contributed by atoms with Crippen molar-refractivity contribution in [2.45, 2.75) is 58.6 Å². The summed E-state index contributed by atoms with van der Waals surface area (Å²) in [5.41, 5.74) is 5.37. The quantitative estimate of drug-likeness (QED) is 0.319. The lowest BCUT2D eigenvalue weighted by atomic mass is 9.99. The first-order valence-electron chi connectivity index (χ1n) is 10.8. The van der Waals surface area contributed by atoms with Gasteiger partial charge in [0.2, 0.25) is 6.41 Å². The van der Waals surface area contributed by atoms with Crippen LogP contribution in [0.25, 0.3) is 22.4 Å². The van der Waals surface area contributed by atoms with E-state index in [1.165, 1.54) is 20.3 Å². The predicted molar refractivity (Wildman–Crippen MR) is 132 cm³/mol. The highest BCUT2D eigenvalue weighted by molar-refractivity contribution is 14.1. The molecule has 2 N–H and O–H groups in total. The molecule has 1 fully saturated rings. The molecular formula is C25H30IN3O2. The number of nitrogens with one attached hydrogen (secondary N) is 1. The number of aromatic amines is 1. The Kier molecular flexibility index (Phi) is 6.53. The molecule has 164 valence electrons. The number of likely N-dealkylation sites (tertiary alicyclic amines) is 1. The molecule has 0 spiro atoms. The van der Waals surface area contributed by atoms with E-state index in [-0.39, 0.29) is 6.04 Å². The highest BCUT2D eigenvalue weighted by Crippen LogP contribution is 2.36. The van der Waals surface area contributed by atoms with Gasteiger partial charge in [-0.15, -0.1) is 0 Å². The van der Waals surface area contributed by atoms with Crippen LogP contribution in [0, 0.1) is 10.5 Å². The highest BCUT2D eigenvalue weighted by Gasteiger charge is 2.35. The van der Waals surface area contributed by atoms with E-state index in [1.807, 2.05) is 37.9 Å². The minimum Gasteiger partial charge on any atom is -0.356 e. The first-order valence-corrected chi connectivity index (χ1v) is 11.8. The molecule has 1 aromatic heterocycles. The average molecular weight is 531 g/mol. The number of aliphatic hydroxyl groups excluding tert-OH is 1. The summed E-state index contributed by atoms with van der Waals surface area (Å²) in [7, 11) is 0. The van der Waals surface area contributed by atoms with Crippen molar-refractivity contribution in [3.8, 4) is 22.4 Å². The zero-order valence-corrected chi connectivity index (χ0v) is 20.7. The summed E-state index contributed by atoms with van der Waals surface area (Å²) in [5, 5.41) is 10.6. The molecular weight excluding hydrogens is 501 g/mol. The smallest absolute Gasteiger partial charge is 0.217 e. The van der Waals surface area contributed by atoms with Crippen LogP contribution in [0.4, 0.5) is 0 Å². The minimum absolute atomic E-state index is 0.0182. The summed E-state index contributed by atoms with van der Waals surface area (Å²) < 4.78 is 7.06. The van der Waals surface area contributed by atoms with Gasteiger partial charge in [-0.1, -0.05) is 30.3 Å². The Balaban J connectivity index is 1.63. The van der Waals surface area contributed by atoms with Crippen LogP contribution in [0.5, 0.6) is 0 Å². The van der Waals surface area contributed by atoms with Crippen molar-refractivity contribution >= 4 is 22.6 Å². The number of hydrogen-bond donors (Lipinski definition) is 2. The van der Waals surface area contributed by atoms with Gasteiger partial charge < -0.3 is 14.8 Å². The van der Waals surface area contributed by atoms with Crippen molar-refractivity contribution in [1.29, 1.82) is 0 Å². The largest absolute Gasteiger partial charge is 0.356 e. The molecule has 0 aliphatic carbocycles. The second kappa shape index (κ2) is 9.02. The third-order valence-electron chi connectivity index (χ3n) is 5.60. The fraction of sp³-hybridized carbons (Fsp3) is 0.400. The number of benzene rings is 2. The van der Waals surface area contributed by atoms with Crippen LogP contribution in [0.3, 0.4) is 0 Å². The molecule has 2 heterocycles. The van der Waals surface area contributed by atoms with Crippen molar-refractivity contribution < 1.29 is 9.84 Å². The molecule has 3 aromatic rings. The average Bonchev–Trinajstić information content (AvgIpc) is 3.38. The standard InChI is InChI=1S/C25H30IN3O2/c1-16-13-18(14-19(22(16)26)17-9-6-5-7-10-17)20-15-27-23(28-20)21-11-8-12-29(21)24(30)31-25(2,3)4/h5-7,9-10,13-15,21,24,30H,8,11-12H2,1-4H3,(H,27,28)/t21-,24?/m0/s1. The van der Waals surface area contributed by atoms with Crippen LogP contribution >= 0.6 is 22.6 Å². The Morgan fingerprint density at radius 3 is 2.65 bits per heavy atom. The van der Waals surface area contributed by atoms with Crippen molar-refractivity contribution in [2.24, 2.45) is 0 Å². The van der Waals surface area contributed by atoms with Gasteiger partial charge in [0.15, 0.2) is 0 Å². The molecule has 2 atom stereocenters. The lowest BCUT2D eigenvalue weighted by molar-refractivity contribution is -0.243. The monoisotopic (exact) mass is 531 g/mol. The molecule has 1 unspecified atom stereocenters. The summed E-state index contributed by atoms with van der Waals surface area (Å²) in [6.07, 6.45) is 2.91. The first-order chi connectivity index (χ1) is 14.7. The first kappa shape index (κ1) is 22.5. The van der Waals surface area contributed by atoms with E-state index in [0.717, 1.165) is 36.5 Å². The number of aliphatic hydroxyl groups is 1. The zero-order valence-electron chi connectivity index (χ0n) is 18.5. The van der Waals surface area contributed by atoms with Crippen LogP contribution in [0.15, 0.2) is 48.7 Å². The maximum Gasteiger partial charge on any atom is 0.217 e. The molecule has 2 aromatic carbocycles. The second-order valence-electron chi connectivity index (χ2n) is 9.16. The SMILES string of the molecule is Cc1cc(-c2cnc([C@@H]3CCCN3C(O)OC(C)(C)C)[nH]2)cc(-c2ccccc2)c1I. The Bertz CT molecular complexity index is 1040. The van der Waals surface area contributed by atoms with E-state index in [9.17, 15) is 5.11 Å². The molecule has 4 rings (SSSR count). The lowest BCUT2D eigenvalue weighted by Gasteiger charge is -2.32. The van der Waals surface area contributed by atoms with Gasteiger partial charge in [-0.05, 0) is 92.0 Å². The number of imidazole rings is 1. The van der Waals surface area contributed by atoms with Gasteiger partial charge in [-0.25, -0.2) is 9.88 Å². The number of hydrogen-bond acceptors (Lipinski definition) is 4. The van der Waals surface area contributed by atoms with Crippen LogP contribution in [0.1, 0.15) is 51.0 Å². The fourth-order valence-electron chi connectivity index (χ4n) is 4.14. The van der Waals surface area contributed by atoms with Crippen molar-refractivity contribution in [3.63, 3.8) is 0 Å². The van der Waals surface area contributed by atoms with Gasteiger partial charge in [0, 0.05) is 15.7 Å². The second-order valence-corrected chi connectivity index (χ2v) is 10.2. The molecule has 0 saturated carbocycles. The van der Waals surface area contributed by atoms with E-state index in [4.69, 9.17) is 9.72 Å². The van der Waals surface area contributed by atoms with E-state index >= 15 is 0 Å². The summed E-state index contributed by atoms with van der Waals surface area (Å²) in [6, 6.07) is 14.9. The third kappa shape index (κ3) is 5.03. The number of aromatic nitrogens is 2. The summed E-state index contributed by atoms with van der Waals surface area (Å²) in [6.45, 7) is 8.80. The minimum atomic E-state index is -0.939. The fourth-order valence-corrected chi connectivity index (χ4v) is 4.76. The molecule has 5 nitrogen and oxygen atoms in total. The van der Waals surface area contributed by atoms with Crippen molar-refractivity contribution in [1.82, 2.24) is 14.9 Å². The van der Waals surface area contributed by atoms with Gasteiger partial charge in [0.1, 0.15) is 5.82 Å². The number of nitrogens with zero attached hydrogens (tertiary/aromatic N) is 2. The summed E-state index contributed by atoms with van der Waals surface area (Å²) >= 11 is 2.43. The van der Waals surface area contributed by atoms with E-state index in [1.54, 1.807) is 0 Å². The van der Waals surface area contributed by atoms with Gasteiger partial charge in [0.25, 0.3) is 0 Å².